The highest BCUT2D eigenvalue weighted by Crippen LogP contribution is 2.28. The second-order valence-electron chi connectivity index (χ2n) is 12.1. The molecule has 0 spiro atoms. The lowest BCUT2D eigenvalue weighted by Gasteiger charge is -2.34. The maximum absolute atomic E-state index is 14.6. The smallest absolute Gasteiger partial charge is 0.264 e. The first-order valence-corrected chi connectivity index (χ1v) is 17.8. The predicted octanol–water partition coefficient (Wildman–Crippen LogP) is 6.43. The summed E-state index contributed by atoms with van der Waals surface area (Å²) in [5.41, 5.74) is 2.89. The van der Waals surface area contributed by atoms with Gasteiger partial charge in [-0.3, -0.25) is 13.9 Å². The van der Waals surface area contributed by atoms with Crippen molar-refractivity contribution in [2.45, 2.75) is 69.5 Å². The lowest BCUT2D eigenvalue weighted by atomic mass is 10.0. The summed E-state index contributed by atoms with van der Waals surface area (Å²) < 4.78 is 48.7. The Kier molecular flexibility index (Phi) is 11.5. The van der Waals surface area contributed by atoms with Crippen LogP contribution in [-0.2, 0) is 32.6 Å². The zero-order valence-corrected chi connectivity index (χ0v) is 28.2. The van der Waals surface area contributed by atoms with Gasteiger partial charge in [-0.25, -0.2) is 12.8 Å². The van der Waals surface area contributed by atoms with E-state index in [4.69, 9.17) is 4.74 Å². The number of sulfonamides is 1. The Balaban J connectivity index is 1.56. The van der Waals surface area contributed by atoms with Gasteiger partial charge in [-0.2, -0.15) is 0 Å². The van der Waals surface area contributed by atoms with Crippen LogP contribution in [0.5, 0.6) is 5.75 Å². The zero-order chi connectivity index (χ0) is 34.1. The van der Waals surface area contributed by atoms with E-state index >= 15 is 0 Å². The van der Waals surface area contributed by atoms with Gasteiger partial charge >= 0.3 is 0 Å². The molecule has 0 saturated heterocycles. The molecule has 2 amide bonds. The minimum absolute atomic E-state index is 0.0194. The summed E-state index contributed by atoms with van der Waals surface area (Å²) in [5, 5.41) is 3.18. The molecule has 0 heterocycles. The van der Waals surface area contributed by atoms with Crippen LogP contribution in [0.2, 0.25) is 0 Å². The van der Waals surface area contributed by atoms with Gasteiger partial charge in [0.25, 0.3) is 10.0 Å². The third-order valence-corrected chi connectivity index (χ3v) is 10.3. The summed E-state index contributed by atoms with van der Waals surface area (Å²) in [6.07, 6.45) is 4.04. The van der Waals surface area contributed by atoms with Crippen molar-refractivity contribution in [3.63, 3.8) is 0 Å². The van der Waals surface area contributed by atoms with E-state index in [1.54, 1.807) is 24.3 Å². The van der Waals surface area contributed by atoms with Crippen molar-refractivity contribution in [3.05, 3.63) is 126 Å². The number of ether oxygens (including phenoxy) is 1. The van der Waals surface area contributed by atoms with Gasteiger partial charge < -0.3 is 15.0 Å². The number of rotatable bonds is 14. The highest BCUT2D eigenvalue weighted by Gasteiger charge is 2.35. The van der Waals surface area contributed by atoms with Crippen LogP contribution in [-0.4, -0.2) is 50.4 Å². The van der Waals surface area contributed by atoms with Crippen LogP contribution >= 0.6 is 0 Å². The molecule has 0 aromatic heterocycles. The molecular weight excluding hydrogens is 629 g/mol. The highest BCUT2D eigenvalue weighted by atomic mass is 32.2. The molecule has 1 N–H and O–H groups in total. The SMILES string of the molecule is CCOc1ccc(N(CC(=O)N(Cc2cccc(C)c2)[C@H](Cc2ccccc2)C(=O)NC2CCCC2)S(=O)(=O)c2ccc(F)cc2)cc1. The lowest BCUT2D eigenvalue weighted by Crippen LogP contribution is -2.54. The van der Waals surface area contributed by atoms with Gasteiger partial charge in [0, 0.05) is 19.0 Å². The molecule has 48 heavy (non-hydrogen) atoms. The van der Waals surface area contributed by atoms with Gasteiger partial charge in [-0.15, -0.1) is 0 Å². The maximum Gasteiger partial charge on any atom is 0.264 e. The minimum Gasteiger partial charge on any atom is -0.494 e. The Hall–Kier alpha value is -4.70. The molecule has 4 aromatic carbocycles. The van der Waals surface area contributed by atoms with E-state index in [1.165, 1.54) is 17.0 Å². The molecule has 0 bridgehead atoms. The van der Waals surface area contributed by atoms with Gasteiger partial charge in [0.1, 0.15) is 24.2 Å². The van der Waals surface area contributed by atoms with Gasteiger partial charge in [0.15, 0.2) is 0 Å². The van der Waals surface area contributed by atoms with E-state index in [-0.39, 0.29) is 35.5 Å². The number of nitrogens with zero attached hydrogens (tertiary/aromatic N) is 2. The molecule has 8 nitrogen and oxygen atoms in total. The number of anilines is 1. The second kappa shape index (κ2) is 15.9. The fourth-order valence-corrected chi connectivity index (χ4v) is 7.48. The number of hydrogen-bond acceptors (Lipinski definition) is 5. The average Bonchev–Trinajstić information content (AvgIpc) is 3.59. The van der Waals surface area contributed by atoms with E-state index in [2.05, 4.69) is 5.32 Å². The third kappa shape index (κ3) is 8.80. The Morgan fingerprint density at radius 1 is 0.896 bits per heavy atom. The standard InChI is InChI=1S/C38H42FN3O5S/c1-3-47-34-20-18-33(19-21-34)42(48(45,46)35-22-16-31(39)17-23-35)27-37(43)41(26-30-13-9-10-28(2)24-30)36(25-29-11-5-4-6-12-29)38(44)40-32-14-7-8-15-32/h4-6,9-13,16-24,32,36H,3,7-8,14-15,25-27H2,1-2H3,(H,40,44)/t36-/m1/s1. The molecule has 1 aliphatic rings. The van der Waals surface area contributed by atoms with Crippen molar-refractivity contribution in [3.8, 4) is 5.75 Å². The fourth-order valence-electron chi connectivity index (χ4n) is 6.07. The van der Waals surface area contributed by atoms with E-state index in [1.807, 2.05) is 68.4 Å². The third-order valence-electron chi connectivity index (χ3n) is 8.52. The van der Waals surface area contributed by atoms with Crippen molar-refractivity contribution in [2.75, 3.05) is 17.5 Å². The normalized spacial score (nSPS) is 13.9. The Morgan fingerprint density at radius 2 is 1.56 bits per heavy atom. The van der Waals surface area contributed by atoms with Crippen LogP contribution in [0.4, 0.5) is 10.1 Å². The number of carbonyl (C=O) groups excluding carboxylic acids is 2. The molecule has 5 rings (SSSR count). The van der Waals surface area contributed by atoms with Crippen molar-refractivity contribution >= 4 is 27.5 Å². The van der Waals surface area contributed by atoms with E-state index in [0.29, 0.717) is 12.4 Å². The van der Waals surface area contributed by atoms with E-state index in [9.17, 15) is 22.4 Å². The number of halogens is 1. The predicted molar refractivity (Wildman–Crippen MR) is 185 cm³/mol. The molecule has 1 atom stereocenters. The molecule has 1 saturated carbocycles. The van der Waals surface area contributed by atoms with Crippen molar-refractivity contribution in [1.29, 1.82) is 0 Å². The van der Waals surface area contributed by atoms with Crippen LogP contribution in [0.25, 0.3) is 0 Å². The minimum atomic E-state index is -4.35. The zero-order valence-electron chi connectivity index (χ0n) is 27.3. The quantitative estimate of drug-likeness (QED) is 0.167. The van der Waals surface area contributed by atoms with Crippen LogP contribution in [0.3, 0.4) is 0 Å². The van der Waals surface area contributed by atoms with Crippen molar-refractivity contribution < 1.29 is 27.1 Å². The summed E-state index contributed by atoms with van der Waals surface area (Å²) in [7, 11) is -4.35. The summed E-state index contributed by atoms with van der Waals surface area (Å²) >= 11 is 0. The van der Waals surface area contributed by atoms with Gasteiger partial charge in [-0.1, -0.05) is 73.0 Å². The first-order chi connectivity index (χ1) is 23.1. The van der Waals surface area contributed by atoms with Crippen LogP contribution in [0.15, 0.2) is 108 Å². The van der Waals surface area contributed by atoms with Gasteiger partial charge in [0.05, 0.1) is 17.2 Å². The first-order valence-electron chi connectivity index (χ1n) is 16.3. The Labute approximate surface area is 282 Å². The van der Waals surface area contributed by atoms with E-state index < -0.39 is 34.3 Å². The van der Waals surface area contributed by atoms with E-state index in [0.717, 1.165) is 58.8 Å². The average molecular weight is 672 g/mol. The largest absolute Gasteiger partial charge is 0.494 e. The molecule has 252 valence electrons. The maximum atomic E-state index is 14.6. The van der Waals surface area contributed by atoms with Gasteiger partial charge in [-0.05, 0) is 86.3 Å². The molecule has 10 heteroatoms. The number of nitrogens with one attached hydrogen (secondary N) is 1. The summed E-state index contributed by atoms with van der Waals surface area (Å²) in [6, 6.07) is 27.2. The van der Waals surface area contributed by atoms with Gasteiger partial charge in [0.2, 0.25) is 11.8 Å². The Bertz CT molecular complexity index is 1780. The molecule has 0 unspecified atom stereocenters. The topological polar surface area (TPSA) is 96.0 Å². The van der Waals surface area contributed by atoms with Crippen LogP contribution < -0.4 is 14.4 Å². The van der Waals surface area contributed by atoms with Crippen LogP contribution in [0.1, 0.15) is 49.3 Å². The van der Waals surface area contributed by atoms with Crippen LogP contribution in [0, 0.1) is 12.7 Å². The summed E-state index contributed by atoms with van der Waals surface area (Å²) in [6.45, 7) is 3.71. The summed E-state index contributed by atoms with van der Waals surface area (Å²) in [5.74, 6) is -0.877. The number of hydrogen-bond donors (Lipinski definition) is 1. The summed E-state index contributed by atoms with van der Waals surface area (Å²) in [4.78, 5) is 30.1. The first kappa shape index (κ1) is 34.6. The highest BCUT2D eigenvalue weighted by molar-refractivity contribution is 7.92. The Morgan fingerprint density at radius 3 is 2.21 bits per heavy atom. The molecule has 0 radical (unpaired) electrons. The number of benzene rings is 4. The second-order valence-corrected chi connectivity index (χ2v) is 14.0. The molecular formula is C38H42FN3O5S. The molecule has 1 fully saturated rings. The number of amides is 2. The number of aryl methyl sites for hydroxylation is 1. The lowest BCUT2D eigenvalue weighted by molar-refractivity contribution is -0.140. The van der Waals surface area contributed by atoms with Crippen molar-refractivity contribution in [2.24, 2.45) is 0 Å². The fraction of sp³-hybridized carbons (Fsp3) is 0.316. The molecule has 4 aromatic rings. The number of carbonyl (C=O) groups is 2. The molecule has 0 aliphatic heterocycles. The monoisotopic (exact) mass is 671 g/mol. The molecule has 1 aliphatic carbocycles. The van der Waals surface area contributed by atoms with Crippen molar-refractivity contribution in [1.82, 2.24) is 10.2 Å².